The van der Waals surface area contributed by atoms with E-state index >= 15 is 0 Å². The van der Waals surface area contributed by atoms with Crippen molar-refractivity contribution in [3.8, 4) is 0 Å². The zero-order chi connectivity index (χ0) is 15.2. The van der Waals surface area contributed by atoms with E-state index in [1.807, 2.05) is 31.2 Å². The molecule has 0 heterocycles. The highest BCUT2D eigenvalue weighted by Crippen LogP contribution is 2.15. The third-order valence-electron chi connectivity index (χ3n) is 3.02. The highest BCUT2D eigenvalue weighted by atomic mass is 19.1. The average Bonchev–Trinajstić information content (AvgIpc) is 2.44. The predicted molar refractivity (Wildman–Crippen MR) is 79.3 cm³/mol. The molecule has 21 heavy (non-hydrogen) atoms. The van der Waals surface area contributed by atoms with Crippen LogP contribution in [0.4, 0.5) is 20.2 Å². The van der Waals surface area contributed by atoms with Crippen LogP contribution in [0.25, 0.3) is 0 Å². The number of hydrogen-bond donors (Lipinski definition) is 2. The number of para-hydroxylation sites is 1. The monoisotopic (exact) mass is 290 g/mol. The first-order valence-corrected chi connectivity index (χ1v) is 6.60. The Labute approximate surface area is 122 Å². The number of carbonyl (C=O) groups excluding carboxylic acids is 1. The van der Waals surface area contributed by atoms with Crippen LogP contribution >= 0.6 is 0 Å². The van der Waals surface area contributed by atoms with Crippen molar-refractivity contribution in [1.82, 2.24) is 0 Å². The van der Waals surface area contributed by atoms with Crippen molar-refractivity contribution in [3.05, 3.63) is 59.7 Å². The lowest BCUT2D eigenvalue weighted by molar-refractivity contribution is -0.116. The number of hydrogen-bond acceptors (Lipinski definition) is 2. The number of aryl methyl sites for hydroxylation is 1. The first kappa shape index (κ1) is 15.0. The minimum Gasteiger partial charge on any atom is -0.384 e. The molecule has 2 N–H and O–H groups in total. The van der Waals surface area contributed by atoms with Gasteiger partial charge in [0.05, 0.1) is 5.69 Å². The second kappa shape index (κ2) is 6.83. The maximum atomic E-state index is 13.4. The molecule has 0 aliphatic carbocycles. The summed E-state index contributed by atoms with van der Waals surface area (Å²) in [6.07, 6.45) is 0.186. The number of carbonyl (C=O) groups is 1. The molecule has 110 valence electrons. The van der Waals surface area contributed by atoms with E-state index in [4.69, 9.17) is 0 Å². The van der Waals surface area contributed by atoms with Crippen molar-refractivity contribution in [2.45, 2.75) is 13.3 Å². The van der Waals surface area contributed by atoms with E-state index in [0.29, 0.717) is 6.54 Å². The van der Waals surface area contributed by atoms with E-state index < -0.39 is 11.6 Å². The Hall–Kier alpha value is -2.43. The molecule has 1 amide bonds. The molecule has 0 atom stereocenters. The Bertz CT molecular complexity index is 644. The maximum absolute atomic E-state index is 13.4. The van der Waals surface area contributed by atoms with Crippen molar-refractivity contribution in [2.24, 2.45) is 0 Å². The van der Waals surface area contributed by atoms with Gasteiger partial charge >= 0.3 is 0 Å². The number of halogens is 2. The molecule has 0 unspecified atom stereocenters. The number of benzene rings is 2. The van der Waals surface area contributed by atoms with Gasteiger partial charge in [0.15, 0.2) is 0 Å². The van der Waals surface area contributed by atoms with Crippen molar-refractivity contribution >= 4 is 17.3 Å². The van der Waals surface area contributed by atoms with Gasteiger partial charge in [0.1, 0.15) is 11.6 Å². The van der Waals surface area contributed by atoms with Crippen LogP contribution in [0.1, 0.15) is 12.0 Å². The van der Waals surface area contributed by atoms with E-state index in [1.165, 1.54) is 6.07 Å². The SMILES string of the molecule is Cc1ccccc1NCCC(=O)Nc1ccc(F)cc1F. The van der Waals surface area contributed by atoms with Crippen LogP contribution < -0.4 is 10.6 Å². The fourth-order valence-electron chi connectivity index (χ4n) is 1.89. The van der Waals surface area contributed by atoms with E-state index in [1.54, 1.807) is 0 Å². The topological polar surface area (TPSA) is 41.1 Å². The van der Waals surface area contributed by atoms with Crippen LogP contribution in [0.3, 0.4) is 0 Å². The van der Waals surface area contributed by atoms with Crippen LogP contribution in [0.15, 0.2) is 42.5 Å². The highest BCUT2D eigenvalue weighted by Gasteiger charge is 2.08. The van der Waals surface area contributed by atoms with E-state index in [-0.39, 0.29) is 18.0 Å². The van der Waals surface area contributed by atoms with Crippen molar-refractivity contribution in [1.29, 1.82) is 0 Å². The Morgan fingerprint density at radius 1 is 1.10 bits per heavy atom. The first-order valence-electron chi connectivity index (χ1n) is 6.60. The second-order valence-electron chi connectivity index (χ2n) is 4.66. The van der Waals surface area contributed by atoms with E-state index in [2.05, 4.69) is 10.6 Å². The van der Waals surface area contributed by atoms with Gasteiger partial charge in [-0.15, -0.1) is 0 Å². The largest absolute Gasteiger partial charge is 0.384 e. The Morgan fingerprint density at radius 2 is 1.86 bits per heavy atom. The molecule has 0 aromatic heterocycles. The molecule has 0 spiro atoms. The molecule has 0 saturated heterocycles. The lowest BCUT2D eigenvalue weighted by atomic mass is 10.2. The maximum Gasteiger partial charge on any atom is 0.226 e. The quantitative estimate of drug-likeness (QED) is 0.881. The van der Waals surface area contributed by atoms with E-state index in [9.17, 15) is 13.6 Å². The van der Waals surface area contributed by atoms with Crippen molar-refractivity contribution in [2.75, 3.05) is 17.2 Å². The van der Waals surface area contributed by atoms with Gasteiger partial charge in [-0.05, 0) is 30.7 Å². The summed E-state index contributed by atoms with van der Waals surface area (Å²) >= 11 is 0. The summed E-state index contributed by atoms with van der Waals surface area (Å²) in [6.45, 7) is 2.40. The van der Waals surface area contributed by atoms with Crippen LogP contribution in [-0.2, 0) is 4.79 Å². The molecular formula is C16H16F2N2O. The molecule has 0 radical (unpaired) electrons. The zero-order valence-electron chi connectivity index (χ0n) is 11.6. The Kier molecular flexibility index (Phi) is 4.87. The summed E-state index contributed by atoms with van der Waals surface area (Å²) in [6, 6.07) is 10.8. The molecule has 2 aromatic carbocycles. The summed E-state index contributed by atoms with van der Waals surface area (Å²) in [5, 5.41) is 5.56. The minimum atomic E-state index is -0.782. The summed E-state index contributed by atoms with van der Waals surface area (Å²) in [5.41, 5.74) is 2.03. The molecule has 0 saturated carbocycles. The number of nitrogens with one attached hydrogen (secondary N) is 2. The molecule has 0 aliphatic rings. The molecule has 2 aromatic rings. The highest BCUT2D eigenvalue weighted by molar-refractivity contribution is 5.91. The third kappa shape index (κ3) is 4.27. The summed E-state index contributed by atoms with van der Waals surface area (Å²) in [4.78, 5) is 11.7. The molecule has 5 heteroatoms. The lowest BCUT2D eigenvalue weighted by Gasteiger charge is -2.10. The molecule has 2 rings (SSSR count). The Balaban J connectivity index is 1.84. The number of amides is 1. The fraction of sp³-hybridized carbons (Fsp3) is 0.188. The molecule has 0 aliphatic heterocycles. The molecular weight excluding hydrogens is 274 g/mol. The second-order valence-corrected chi connectivity index (χ2v) is 4.66. The van der Waals surface area contributed by atoms with Gasteiger partial charge < -0.3 is 10.6 Å². The molecule has 0 bridgehead atoms. The van der Waals surface area contributed by atoms with Gasteiger partial charge in [0, 0.05) is 24.7 Å². The van der Waals surface area contributed by atoms with Gasteiger partial charge in [-0.2, -0.15) is 0 Å². The van der Waals surface area contributed by atoms with Gasteiger partial charge in [0.2, 0.25) is 5.91 Å². The van der Waals surface area contributed by atoms with Gasteiger partial charge in [-0.25, -0.2) is 8.78 Å². The predicted octanol–water partition coefficient (Wildman–Crippen LogP) is 3.71. The van der Waals surface area contributed by atoms with Crippen LogP contribution in [0.2, 0.25) is 0 Å². The van der Waals surface area contributed by atoms with Crippen molar-refractivity contribution < 1.29 is 13.6 Å². The summed E-state index contributed by atoms with van der Waals surface area (Å²) in [7, 11) is 0. The van der Waals surface area contributed by atoms with Crippen molar-refractivity contribution in [3.63, 3.8) is 0 Å². The number of rotatable bonds is 5. The Morgan fingerprint density at radius 3 is 2.57 bits per heavy atom. The molecule has 0 fully saturated rings. The minimum absolute atomic E-state index is 0.0164. The number of anilines is 2. The average molecular weight is 290 g/mol. The first-order chi connectivity index (χ1) is 10.1. The lowest BCUT2D eigenvalue weighted by Crippen LogP contribution is -2.17. The smallest absolute Gasteiger partial charge is 0.226 e. The zero-order valence-corrected chi connectivity index (χ0v) is 11.6. The van der Waals surface area contributed by atoms with Gasteiger partial charge in [-0.3, -0.25) is 4.79 Å². The van der Waals surface area contributed by atoms with Gasteiger partial charge in [0.25, 0.3) is 0 Å². The standard InChI is InChI=1S/C16H16F2N2O/c1-11-4-2-3-5-14(11)19-9-8-16(21)20-15-7-6-12(17)10-13(15)18/h2-7,10,19H,8-9H2,1H3,(H,20,21). The van der Waals surface area contributed by atoms with Crippen LogP contribution in [0, 0.1) is 18.6 Å². The fourth-order valence-corrected chi connectivity index (χ4v) is 1.89. The summed E-state index contributed by atoms with van der Waals surface area (Å²) in [5.74, 6) is -1.79. The van der Waals surface area contributed by atoms with Crippen LogP contribution in [0.5, 0.6) is 0 Å². The van der Waals surface area contributed by atoms with Gasteiger partial charge in [-0.1, -0.05) is 18.2 Å². The van der Waals surface area contributed by atoms with Crippen LogP contribution in [-0.4, -0.2) is 12.5 Å². The van der Waals surface area contributed by atoms with E-state index in [0.717, 1.165) is 23.4 Å². The third-order valence-corrected chi connectivity index (χ3v) is 3.02. The summed E-state index contributed by atoms with van der Waals surface area (Å²) < 4.78 is 26.1. The normalized spacial score (nSPS) is 10.2. The molecule has 3 nitrogen and oxygen atoms in total.